The van der Waals surface area contributed by atoms with Crippen LogP contribution in [0.4, 0.5) is 0 Å². The maximum absolute atomic E-state index is 10.3. The Kier molecular flexibility index (Phi) is 20.9. The molecule has 11 nitrogen and oxygen atoms in total. The molecule has 294 valence electrons. The molecule has 51 heavy (non-hydrogen) atoms. The molecule has 11 heteroatoms. The lowest BCUT2D eigenvalue weighted by molar-refractivity contribution is -0.312. The minimum atomic E-state index is -1.46. The topological polar surface area (TPSA) is 198 Å². The Morgan fingerprint density at radius 2 is 1.41 bits per heavy atom. The maximum atomic E-state index is 10.3. The maximum Gasteiger partial charge on any atom is 0.187 e. The molecule has 2 heterocycles. The SMILES string of the molecule is C[C@@H](N)[C@@H](CCCCCCCCCCCC/C=C/C(O)CCCCCCC[C@H]1NCCc2cc(O)c(O)cc21)O[C@@H]1O[C@H](CO)[C@H](O)[C@H](O)[C@H]1O. The minimum absolute atomic E-state index is 0.0331. The number of unbranched alkanes of at least 4 members (excludes halogenated alkanes) is 14. The number of phenols is 2. The van der Waals surface area contributed by atoms with Gasteiger partial charge in [0.2, 0.25) is 0 Å². The van der Waals surface area contributed by atoms with Crippen LogP contribution in [0.5, 0.6) is 11.5 Å². The van der Waals surface area contributed by atoms with E-state index >= 15 is 0 Å². The van der Waals surface area contributed by atoms with E-state index in [1.54, 1.807) is 12.1 Å². The zero-order valence-electron chi connectivity index (χ0n) is 31.1. The number of ether oxygens (including phenoxy) is 2. The Morgan fingerprint density at radius 1 is 0.824 bits per heavy atom. The van der Waals surface area contributed by atoms with Crippen molar-refractivity contribution in [3.8, 4) is 11.5 Å². The molecular formula is C40H70N2O9. The van der Waals surface area contributed by atoms with Crippen molar-refractivity contribution >= 4 is 0 Å². The summed E-state index contributed by atoms with van der Waals surface area (Å²) in [5.74, 6) is -0.0736. The number of rotatable bonds is 26. The summed E-state index contributed by atoms with van der Waals surface area (Å²) in [4.78, 5) is 0. The molecule has 9 atom stereocenters. The number of aliphatic hydroxyl groups excluding tert-OH is 5. The van der Waals surface area contributed by atoms with E-state index in [9.17, 15) is 35.7 Å². The summed E-state index contributed by atoms with van der Waals surface area (Å²) < 4.78 is 11.4. The van der Waals surface area contributed by atoms with E-state index in [4.69, 9.17) is 15.2 Å². The molecule has 0 bridgehead atoms. The molecule has 0 saturated carbocycles. The minimum Gasteiger partial charge on any atom is -0.504 e. The van der Waals surface area contributed by atoms with E-state index in [0.717, 1.165) is 101 Å². The molecule has 0 aromatic heterocycles. The standard InChI is InChI=1S/C40H70N2O9/c1-28(41)35(50-40-39(49)38(48)37(47)36(27-43)51-40)22-18-14-9-7-5-3-2-4-6-8-11-15-19-30(44)20-16-12-10-13-17-21-32-31-26-34(46)33(45)25-29(31)23-24-42-32/h15,19,25-26,28,30,32,35-40,42-49H,2-14,16-18,20-24,27,41H2,1H3/b19-15+/t28-,30?,32-,35-,36-,37+,38+,39-,40-/m1/s1. The van der Waals surface area contributed by atoms with Gasteiger partial charge >= 0.3 is 0 Å². The van der Waals surface area contributed by atoms with Gasteiger partial charge in [-0.1, -0.05) is 102 Å². The summed E-state index contributed by atoms with van der Waals surface area (Å²) in [6.45, 7) is 2.24. The van der Waals surface area contributed by atoms with Crippen molar-refractivity contribution in [2.45, 2.75) is 190 Å². The normalized spacial score (nSPS) is 25.5. The summed E-state index contributed by atoms with van der Waals surface area (Å²) in [7, 11) is 0. The summed E-state index contributed by atoms with van der Waals surface area (Å²) in [5, 5.41) is 73.2. The van der Waals surface area contributed by atoms with Crippen molar-refractivity contribution in [1.82, 2.24) is 5.32 Å². The van der Waals surface area contributed by atoms with Crippen LogP contribution in [0.25, 0.3) is 0 Å². The van der Waals surface area contributed by atoms with E-state index < -0.39 is 37.3 Å². The number of nitrogens with one attached hydrogen (secondary N) is 1. The number of fused-ring (bicyclic) bond motifs is 1. The van der Waals surface area contributed by atoms with Crippen LogP contribution in [0.1, 0.15) is 146 Å². The molecule has 1 aromatic carbocycles. The highest BCUT2D eigenvalue weighted by Crippen LogP contribution is 2.35. The molecule has 0 aliphatic carbocycles. The van der Waals surface area contributed by atoms with Crippen LogP contribution < -0.4 is 11.1 Å². The van der Waals surface area contributed by atoms with E-state index in [-0.39, 0.29) is 35.8 Å². The van der Waals surface area contributed by atoms with Crippen LogP contribution in [0.15, 0.2) is 24.3 Å². The Hall–Kier alpha value is -1.80. The second kappa shape index (κ2) is 24.5. The highest BCUT2D eigenvalue weighted by Gasteiger charge is 2.45. The highest BCUT2D eigenvalue weighted by molar-refractivity contribution is 5.47. The molecule has 0 radical (unpaired) electrons. The van der Waals surface area contributed by atoms with Crippen molar-refractivity contribution in [3.63, 3.8) is 0 Å². The van der Waals surface area contributed by atoms with Crippen molar-refractivity contribution < 1.29 is 45.2 Å². The van der Waals surface area contributed by atoms with Gasteiger partial charge in [-0.2, -0.15) is 0 Å². The van der Waals surface area contributed by atoms with Gasteiger partial charge in [0.05, 0.1) is 18.8 Å². The van der Waals surface area contributed by atoms with Crippen molar-refractivity contribution in [2.24, 2.45) is 5.73 Å². The van der Waals surface area contributed by atoms with Gasteiger partial charge < -0.3 is 56.3 Å². The van der Waals surface area contributed by atoms with Crippen LogP contribution in [-0.2, 0) is 15.9 Å². The molecule has 1 saturated heterocycles. The molecule has 1 fully saturated rings. The largest absolute Gasteiger partial charge is 0.504 e. The number of hydrogen-bond donors (Lipinski definition) is 9. The van der Waals surface area contributed by atoms with Crippen molar-refractivity contribution in [2.75, 3.05) is 13.2 Å². The van der Waals surface area contributed by atoms with E-state index in [0.29, 0.717) is 6.42 Å². The first-order valence-electron chi connectivity index (χ1n) is 20.0. The number of hydrogen-bond acceptors (Lipinski definition) is 11. The Bertz CT molecular complexity index is 1100. The molecule has 10 N–H and O–H groups in total. The summed E-state index contributed by atoms with van der Waals surface area (Å²) in [5.41, 5.74) is 8.35. The van der Waals surface area contributed by atoms with Crippen molar-refractivity contribution in [3.05, 3.63) is 35.4 Å². The number of allylic oxidation sites excluding steroid dienone is 1. The molecular weight excluding hydrogens is 652 g/mol. The number of benzene rings is 1. The fourth-order valence-corrected chi connectivity index (χ4v) is 7.34. The summed E-state index contributed by atoms with van der Waals surface area (Å²) in [6.07, 6.45) is 18.7. The van der Waals surface area contributed by atoms with Crippen LogP contribution in [0.3, 0.4) is 0 Å². The molecule has 0 spiro atoms. The number of phenolic OH excluding ortho intramolecular Hbond substituents is 2. The van der Waals surface area contributed by atoms with E-state index in [1.807, 2.05) is 13.0 Å². The Labute approximate surface area is 306 Å². The smallest absolute Gasteiger partial charge is 0.187 e. The second-order valence-corrected chi connectivity index (χ2v) is 15.0. The summed E-state index contributed by atoms with van der Waals surface area (Å²) >= 11 is 0. The molecule has 2 aliphatic heterocycles. The first kappa shape index (κ1) is 43.6. The first-order chi connectivity index (χ1) is 24.6. The average molecular weight is 723 g/mol. The van der Waals surface area contributed by atoms with Gasteiger partial charge in [-0.15, -0.1) is 0 Å². The van der Waals surface area contributed by atoms with Gasteiger partial charge in [0, 0.05) is 12.1 Å². The van der Waals surface area contributed by atoms with Gasteiger partial charge in [-0.05, 0) is 75.3 Å². The second-order valence-electron chi connectivity index (χ2n) is 15.0. The molecule has 2 aliphatic rings. The average Bonchev–Trinajstić information content (AvgIpc) is 3.11. The quantitative estimate of drug-likeness (QED) is 0.0349. The van der Waals surface area contributed by atoms with Crippen LogP contribution >= 0.6 is 0 Å². The van der Waals surface area contributed by atoms with Gasteiger partial charge in [0.25, 0.3) is 0 Å². The molecule has 1 aromatic rings. The number of nitrogens with two attached hydrogens (primary N) is 1. The third-order valence-corrected chi connectivity index (χ3v) is 10.6. The zero-order chi connectivity index (χ0) is 37.0. The van der Waals surface area contributed by atoms with Crippen molar-refractivity contribution in [1.29, 1.82) is 0 Å². The van der Waals surface area contributed by atoms with Crippen LogP contribution in [-0.4, -0.2) is 97.9 Å². The number of aliphatic hydroxyl groups is 5. The monoisotopic (exact) mass is 723 g/mol. The predicted octanol–water partition coefficient (Wildman–Crippen LogP) is 5.15. The fourth-order valence-electron chi connectivity index (χ4n) is 7.34. The van der Waals surface area contributed by atoms with E-state index in [1.165, 1.54) is 38.5 Å². The lowest BCUT2D eigenvalue weighted by Gasteiger charge is -2.41. The predicted molar refractivity (Wildman–Crippen MR) is 199 cm³/mol. The Morgan fingerprint density at radius 3 is 2.06 bits per heavy atom. The molecule has 0 amide bonds. The van der Waals surface area contributed by atoms with Gasteiger partial charge in [0.15, 0.2) is 17.8 Å². The number of aromatic hydroxyl groups is 2. The van der Waals surface area contributed by atoms with Gasteiger partial charge in [0.1, 0.15) is 24.4 Å². The first-order valence-corrected chi connectivity index (χ1v) is 20.0. The lowest BCUT2D eigenvalue weighted by atomic mass is 9.90. The van der Waals surface area contributed by atoms with Gasteiger partial charge in [-0.25, -0.2) is 0 Å². The van der Waals surface area contributed by atoms with Crippen LogP contribution in [0, 0.1) is 0 Å². The third kappa shape index (κ3) is 15.6. The zero-order valence-corrected chi connectivity index (χ0v) is 31.1. The summed E-state index contributed by atoms with van der Waals surface area (Å²) in [6, 6.07) is 3.36. The lowest BCUT2D eigenvalue weighted by Crippen LogP contribution is -2.60. The molecule has 1 unspecified atom stereocenters. The third-order valence-electron chi connectivity index (χ3n) is 10.6. The highest BCUT2D eigenvalue weighted by atomic mass is 16.7. The van der Waals surface area contributed by atoms with Gasteiger partial charge in [-0.3, -0.25) is 0 Å². The Balaban J connectivity index is 1.09. The molecule has 3 rings (SSSR count). The van der Waals surface area contributed by atoms with Crippen LogP contribution in [0.2, 0.25) is 0 Å². The van der Waals surface area contributed by atoms with E-state index in [2.05, 4.69) is 11.4 Å². The fraction of sp³-hybridized carbons (Fsp3) is 0.800.